The van der Waals surface area contributed by atoms with E-state index in [1.165, 1.54) is 11.3 Å². The molecule has 0 unspecified atom stereocenters. The van der Waals surface area contributed by atoms with Gasteiger partial charge in [-0.3, -0.25) is 9.59 Å². The van der Waals surface area contributed by atoms with Gasteiger partial charge in [-0.25, -0.2) is 0 Å². The minimum Gasteiger partial charge on any atom is -0.454 e. The average molecular weight is 360 g/mol. The lowest BCUT2D eigenvalue weighted by Crippen LogP contribution is -2.28. The van der Waals surface area contributed by atoms with Crippen LogP contribution >= 0.6 is 11.3 Å². The van der Waals surface area contributed by atoms with Crippen molar-refractivity contribution in [3.63, 3.8) is 0 Å². The van der Waals surface area contributed by atoms with E-state index in [4.69, 9.17) is 9.47 Å². The van der Waals surface area contributed by atoms with Crippen LogP contribution in [-0.4, -0.2) is 37.1 Å². The summed E-state index contributed by atoms with van der Waals surface area (Å²) < 4.78 is 10.6. The van der Waals surface area contributed by atoms with Gasteiger partial charge in [-0.2, -0.15) is 0 Å². The number of thiophene rings is 1. The summed E-state index contributed by atoms with van der Waals surface area (Å²) in [7, 11) is 1.77. The van der Waals surface area contributed by atoms with Gasteiger partial charge in [0, 0.05) is 26.6 Å². The van der Waals surface area contributed by atoms with Crippen LogP contribution in [0.4, 0.5) is 0 Å². The first-order valence-electron chi connectivity index (χ1n) is 8.07. The van der Waals surface area contributed by atoms with E-state index in [9.17, 15) is 9.59 Å². The Labute approximate surface area is 150 Å². The number of fused-ring (bicyclic) bond motifs is 1. The number of hydrogen-bond acceptors (Lipinski definition) is 5. The highest BCUT2D eigenvalue weighted by Gasteiger charge is 2.15. The Morgan fingerprint density at radius 3 is 2.88 bits per heavy atom. The maximum atomic E-state index is 12.2. The molecule has 0 aliphatic carbocycles. The third-order valence-corrected chi connectivity index (χ3v) is 4.75. The summed E-state index contributed by atoms with van der Waals surface area (Å²) in [5.41, 5.74) is 0.992. The van der Waals surface area contributed by atoms with Crippen molar-refractivity contribution in [1.29, 1.82) is 0 Å². The largest absolute Gasteiger partial charge is 0.454 e. The Kier molecular flexibility index (Phi) is 5.55. The van der Waals surface area contributed by atoms with Crippen molar-refractivity contribution in [1.82, 2.24) is 10.2 Å². The van der Waals surface area contributed by atoms with E-state index < -0.39 is 0 Å². The third-order valence-electron chi connectivity index (χ3n) is 3.88. The minimum atomic E-state index is -0.0869. The van der Waals surface area contributed by atoms with E-state index in [2.05, 4.69) is 5.32 Å². The molecule has 0 bridgehead atoms. The Bertz CT molecular complexity index is 746. The average Bonchev–Trinajstić information content (AvgIpc) is 3.29. The molecule has 0 saturated heterocycles. The van der Waals surface area contributed by atoms with Gasteiger partial charge in [-0.15, -0.1) is 11.3 Å². The lowest BCUT2D eigenvalue weighted by atomic mass is 10.2. The summed E-state index contributed by atoms with van der Waals surface area (Å²) in [5, 5.41) is 4.69. The molecule has 1 aliphatic rings. The molecule has 1 aromatic carbocycles. The summed E-state index contributed by atoms with van der Waals surface area (Å²) in [6.07, 6.45) is 1.01. The summed E-state index contributed by atoms with van der Waals surface area (Å²) in [4.78, 5) is 26.4. The molecule has 7 heteroatoms. The first kappa shape index (κ1) is 17.3. The van der Waals surface area contributed by atoms with Crippen LogP contribution in [0.25, 0.3) is 0 Å². The van der Waals surface area contributed by atoms with Gasteiger partial charge >= 0.3 is 0 Å². The summed E-state index contributed by atoms with van der Waals surface area (Å²) in [6.45, 7) is 1.24. The number of carbonyl (C=O) groups excluding carboxylic acids is 2. The topological polar surface area (TPSA) is 67.9 Å². The van der Waals surface area contributed by atoms with E-state index in [1.54, 1.807) is 18.0 Å². The van der Waals surface area contributed by atoms with Gasteiger partial charge < -0.3 is 19.7 Å². The maximum Gasteiger partial charge on any atom is 0.261 e. The zero-order chi connectivity index (χ0) is 17.6. The van der Waals surface area contributed by atoms with Crippen LogP contribution in [0, 0.1) is 0 Å². The molecule has 1 aromatic heterocycles. The van der Waals surface area contributed by atoms with Crippen molar-refractivity contribution in [2.75, 3.05) is 20.4 Å². The third kappa shape index (κ3) is 4.51. The first-order chi connectivity index (χ1) is 12.1. The normalized spacial score (nSPS) is 12.0. The van der Waals surface area contributed by atoms with E-state index in [-0.39, 0.29) is 18.6 Å². The molecule has 1 N–H and O–H groups in total. The quantitative estimate of drug-likeness (QED) is 0.771. The molecule has 2 heterocycles. The first-order valence-corrected chi connectivity index (χ1v) is 8.95. The molecule has 6 nitrogen and oxygen atoms in total. The zero-order valence-corrected chi connectivity index (χ0v) is 14.8. The second kappa shape index (κ2) is 8.02. The molecule has 2 aromatic rings. The molecule has 0 fully saturated rings. The molecule has 1 aliphatic heterocycles. The number of rotatable bonds is 7. The lowest BCUT2D eigenvalue weighted by Gasteiger charge is -2.17. The Balaban J connectivity index is 1.40. The highest BCUT2D eigenvalue weighted by molar-refractivity contribution is 7.12. The number of amides is 2. The van der Waals surface area contributed by atoms with E-state index in [1.807, 2.05) is 29.6 Å². The molecule has 25 heavy (non-hydrogen) atoms. The van der Waals surface area contributed by atoms with E-state index in [0.717, 1.165) is 17.1 Å². The SMILES string of the molecule is CN(Cc1ccc2c(c1)OCO2)C(=O)CCCNC(=O)c1cccs1. The van der Waals surface area contributed by atoms with E-state index in [0.29, 0.717) is 30.8 Å². The van der Waals surface area contributed by atoms with Crippen LogP contribution in [0.15, 0.2) is 35.7 Å². The van der Waals surface area contributed by atoms with Crippen molar-refractivity contribution in [3.05, 3.63) is 46.2 Å². The van der Waals surface area contributed by atoms with Gasteiger partial charge in [0.1, 0.15) is 0 Å². The van der Waals surface area contributed by atoms with Crippen LogP contribution in [0.2, 0.25) is 0 Å². The summed E-state index contributed by atoms with van der Waals surface area (Å²) in [6, 6.07) is 9.31. The second-order valence-corrected chi connectivity index (χ2v) is 6.72. The van der Waals surface area contributed by atoms with Gasteiger partial charge in [-0.05, 0) is 35.6 Å². The number of ether oxygens (including phenoxy) is 2. The maximum absolute atomic E-state index is 12.2. The zero-order valence-electron chi connectivity index (χ0n) is 14.0. The fraction of sp³-hybridized carbons (Fsp3) is 0.333. The lowest BCUT2D eigenvalue weighted by molar-refractivity contribution is -0.130. The van der Waals surface area contributed by atoms with Crippen LogP contribution in [0.5, 0.6) is 11.5 Å². The van der Waals surface area contributed by atoms with Crippen molar-refractivity contribution in [2.45, 2.75) is 19.4 Å². The monoisotopic (exact) mass is 360 g/mol. The number of carbonyl (C=O) groups is 2. The minimum absolute atomic E-state index is 0.0445. The van der Waals surface area contributed by atoms with Gasteiger partial charge in [0.2, 0.25) is 12.7 Å². The molecule has 2 amide bonds. The summed E-state index contributed by atoms with van der Waals surface area (Å²) in [5.74, 6) is 1.41. The van der Waals surface area contributed by atoms with E-state index >= 15 is 0 Å². The predicted molar refractivity (Wildman–Crippen MR) is 94.9 cm³/mol. The van der Waals surface area contributed by atoms with Crippen molar-refractivity contribution < 1.29 is 19.1 Å². The Hall–Kier alpha value is -2.54. The van der Waals surface area contributed by atoms with Crippen molar-refractivity contribution in [2.24, 2.45) is 0 Å². The molecular formula is C18H20N2O4S. The number of nitrogens with one attached hydrogen (secondary N) is 1. The number of nitrogens with zero attached hydrogens (tertiary/aromatic N) is 1. The summed E-state index contributed by atoms with van der Waals surface area (Å²) >= 11 is 1.40. The Morgan fingerprint density at radius 2 is 2.08 bits per heavy atom. The molecule has 0 atom stereocenters. The highest BCUT2D eigenvalue weighted by atomic mass is 32.1. The molecular weight excluding hydrogens is 340 g/mol. The van der Waals surface area contributed by atoms with Gasteiger partial charge in [0.15, 0.2) is 11.5 Å². The second-order valence-electron chi connectivity index (χ2n) is 5.77. The van der Waals surface area contributed by atoms with Gasteiger partial charge in [0.05, 0.1) is 4.88 Å². The van der Waals surface area contributed by atoms with Crippen LogP contribution in [0.1, 0.15) is 28.1 Å². The molecule has 0 radical (unpaired) electrons. The standard InChI is InChI=1S/C18H20N2O4S/c1-20(11-13-6-7-14-15(10-13)24-12-23-14)17(21)5-2-8-19-18(22)16-4-3-9-25-16/h3-4,6-7,9-10H,2,5,8,11-12H2,1H3,(H,19,22). The van der Waals surface area contributed by atoms with Crippen LogP contribution < -0.4 is 14.8 Å². The molecule has 3 rings (SSSR count). The van der Waals surface area contributed by atoms with Gasteiger partial charge in [0.25, 0.3) is 5.91 Å². The van der Waals surface area contributed by atoms with Crippen molar-refractivity contribution >= 4 is 23.2 Å². The number of benzene rings is 1. The fourth-order valence-electron chi connectivity index (χ4n) is 2.53. The van der Waals surface area contributed by atoms with Crippen LogP contribution in [-0.2, 0) is 11.3 Å². The smallest absolute Gasteiger partial charge is 0.261 e. The highest BCUT2D eigenvalue weighted by Crippen LogP contribution is 2.32. The number of hydrogen-bond donors (Lipinski definition) is 1. The van der Waals surface area contributed by atoms with Crippen molar-refractivity contribution in [3.8, 4) is 11.5 Å². The predicted octanol–water partition coefficient (Wildman–Crippen LogP) is 2.65. The van der Waals surface area contributed by atoms with Gasteiger partial charge in [-0.1, -0.05) is 12.1 Å². The Morgan fingerprint density at radius 1 is 1.24 bits per heavy atom. The molecule has 0 saturated carbocycles. The molecule has 0 spiro atoms. The molecule has 132 valence electrons. The fourth-order valence-corrected chi connectivity index (χ4v) is 3.17. The van der Waals surface area contributed by atoms with Crippen LogP contribution in [0.3, 0.4) is 0 Å².